The molecular weight excluding hydrogens is 268 g/mol. The van der Waals surface area contributed by atoms with Crippen LogP contribution in [0.3, 0.4) is 0 Å². The number of carbonyl (C=O) groups excluding carboxylic acids is 2. The zero-order valence-corrected chi connectivity index (χ0v) is 11.1. The molecule has 0 atom stereocenters. The molecule has 0 unspecified atom stereocenters. The third-order valence-corrected chi connectivity index (χ3v) is 3.40. The number of benzene rings is 1. The predicted molar refractivity (Wildman–Crippen MR) is 71.3 cm³/mol. The zero-order chi connectivity index (χ0) is 13.8. The molecule has 6 heteroatoms. The number of rotatable bonds is 2. The summed E-state index contributed by atoms with van der Waals surface area (Å²) in [5.74, 6) is -0.382. The minimum Gasteiger partial charge on any atom is -0.507 e. The fraction of sp³-hybridized carbons (Fsp3) is 0.385. The number of nitrogens with zero attached hydrogens (tertiary/aromatic N) is 2. The molecule has 1 fully saturated rings. The maximum atomic E-state index is 12.2. The van der Waals surface area contributed by atoms with Crippen molar-refractivity contribution >= 4 is 23.4 Å². The van der Waals surface area contributed by atoms with Crippen molar-refractivity contribution in [3.8, 4) is 5.75 Å². The van der Waals surface area contributed by atoms with E-state index in [0.29, 0.717) is 31.7 Å². The molecule has 1 aliphatic heterocycles. The summed E-state index contributed by atoms with van der Waals surface area (Å²) in [6.07, 6.45) is 0. The third kappa shape index (κ3) is 2.98. The van der Waals surface area contributed by atoms with E-state index in [0.717, 1.165) is 0 Å². The fourth-order valence-corrected chi connectivity index (χ4v) is 2.24. The molecule has 0 spiro atoms. The Morgan fingerprint density at radius 1 is 1.11 bits per heavy atom. The number of hydrogen-bond acceptors (Lipinski definition) is 3. The summed E-state index contributed by atoms with van der Waals surface area (Å²) in [6.45, 7) is 1.86. The highest BCUT2D eigenvalue weighted by Crippen LogP contribution is 2.18. The fourth-order valence-electron chi connectivity index (χ4n) is 2.07. The highest BCUT2D eigenvalue weighted by Gasteiger charge is 2.25. The molecule has 0 radical (unpaired) electrons. The summed E-state index contributed by atoms with van der Waals surface area (Å²) in [5.41, 5.74) is 0.291. The molecule has 1 aliphatic rings. The third-order valence-electron chi connectivity index (χ3n) is 3.17. The molecule has 0 bridgehead atoms. The van der Waals surface area contributed by atoms with Crippen LogP contribution in [0, 0.1) is 0 Å². The van der Waals surface area contributed by atoms with Gasteiger partial charge in [0.15, 0.2) is 0 Å². The molecule has 0 aliphatic carbocycles. The molecule has 5 nitrogen and oxygen atoms in total. The van der Waals surface area contributed by atoms with Crippen LogP contribution in [-0.4, -0.2) is 58.8 Å². The van der Waals surface area contributed by atoms with Crippen LogP contribution in [0.2, 0.25) is 0 Å². The van der Waals surface area contributed by atoms with Crippen LogP contribution >= 0.6 is 11.6 Å². The summed E-state index contributed by atoms with van der Waals surface area (Å²) < 4.78 is 0. The smallest absolute Gasteiger partial charge is 0.257 e. The molecule has 1 aromatic carbocycles. The van der Waals surface area contributed by atoms with Crippen molar-refractivity contribution < 1.29 is 14.7 Å². The number of carbonyl (C=O) groups is 2. The Morgan fingerprint density at radius 3 is 2.26 bits per heavy atom. The number of phenols is 1. The summed E-state index contributed by atoms with van der Waals surface area (Å²) >= 11 is 5.50. The standard InChI is InChI=1S/C13H15ClN2O3/c14-9-12(18)15-5-7-16(8-6-15)13(19)10-3-1-2-4-11(10)17/h1-4,17H,5-9H2. The normalized spacial score (nSPS) is 15.4. The molecule has 19 heavy (non-hydrogen) atoms. The van der Waals surface area contributed by atoms with E-state index in [4.69, 9.17) is 11.6 Å². The van der Waals surface area contributed by atoms with Crippen molar-refractivity contribution in [2.75, 3.05) is 32.1 Å². The van der Waals surface area contributed by atoms with Gasteiger partial charge < -0.3 is 14.9 Å². The van der Waals surface area contributed by atoms with E-state index in [1.54, 1.807) is 28.0 Å². The first-order chi connectivity index (χ1) is 9.13. The van der Waals surface area contributed by atoms with Crippen LogP contribution < -0.4 is 0 Å². The van der Waals surface area contributed by atoms with Gasteiger partial charge >= 0.3 is 0 Å². The van der Waals surface area contributed by atoms with Gasteiger partial charge in [-0.25, -0.2) is 0 Å². The topological polar surface area (TPSA) is 60.9 Å². The van der Waals surface area contributed by atoms with Gasteiger partial charge in [0, 0.05) is 26.2 Å². The lowest BCUT2D eigenvalue weighted by molar-refractivity contribution is -0.129. The summed E-state index contributed by atoms with van der Waals surface area (Å²) in [6, 6.07) is 6.46. The second-order valence-electron chi connectivity index (χ2n) is 4.32. The Hall–Kier alpha value is -1.75. The van der Waals surface area contributed by atoms with Gasteiger partial charge in [-0.3, -0.25) is 9.59 Å². The van der Waals surface area contributed by atoms with Crippen molar-refractivity contribution in [2.45, 2.75) is 0 Å². The van der Waals surface area contributed by atoms with Crippen molar-refractivity contribution in [1.29, 1.82) is 0 Å². The Balaban J connectivity index is 2.00. The SMILES string of the molecule is O=C(CCl)N1CCN(C(=O)c2ccccc2O)CC1. The Kier molecular flexibility index (Phi) is 4.27. The molecule has 2 amide bonds. The summed E-state index contributed by atoms with van der Waals surface area (Å²) in [5, 5.41) is 9.66. The number of phenolic OH excluding ortho intramolecular Hbond substituents is 1. The van der Waals surface area contributed by atoms with E-state index >= 15 is 0 Å². The van der Waals surface area contributed by atoms with Gasteiger partial charge in [0.1, 0.15) is 11.6 Å². The second kappa shape index (κ2) is 5.93. The van der Waals surface area contributed by atoms with E-state index in [9.17, 15) is 14.7 Å². The van der Waals surface area contributed by atoms with Crippen LogP contribution in [0.25, 0.3) is 0 Å². The second-order valence-corrected chi connectivity index (χ2v) is 4.59. The Labute approximate surface area is 116 Å². The average Bonchev–Trinajstić information content (AvgIpc) is 2.46. The number of amides is 2. The largest absolute Gasteiger partial charge is 0.507 e. The average molecular weight is 283 g/mol. The van der Waals surface area contributed by atoms with E-state index in [1.807, 2.05) is 0 Å². The van der Waals surface area contributed by atoms with Gasteiger partial charge in [0.2, 0.25) is 5.91 Å². The van der Waals surface area contributed by atoms with Gasteiger partial charge in [-0.1, -0.05) is 12.1 Å². The van der Waals surface area contributed by atoms with Gasteiger partial charge in [-0.05, 0) is 12.1 Å². The van der Waals surface area contributed by atoms with E-state index < -0.39 is 0 Å². The van der Waals surface area contributed by atoms with Crippen LogP contribution in [0.1, 0.15) is 10.4 Å². The minimum atomic E-state index is -0.212. The molecule has 1 saturated heterocycles. The van der Waals surface area contributed by atoms with Crippen LogP contribution in [-0.2, 0) is 4.79 Å². The highest BCUT2D eigenvalue weighted by molar-refractivity contribution is 6.27. The Bertz CT molecular complexity index is 485. The molecule has 2 rings (SSSR count). The molecular formula is C13H15ClN2O3. The number of para-hydroxylation sites is 1. The van der Waals surface area contributed by atoms with Gasteiger partial charge in [-0.2, -0.15) is 0 Å². The molecule has 0 saturated carbocycles. The van der Waals surface area contributed by atoms with E-state index in [-0.39, 0.29) is 23.4 Å². The van der Waals surface area contributed by atoms with Crippen LogP contribution in [0.5, 0.6) is 5.75 Å². The van der Waals surface area contributed by atoms with Crippen LogP contribution in [0.4, 0.5) is 0 Å². The number of alkyl halides is 1. The lowest BCUT2D eigenvalue weighted by atomic mass is 10.1. The Morgan fingerprint density at radius 2 is 1.68 bits per heavy atom. The van der Waals surface area contributed by atoms with Crippen molar-refractivity contribution in [2.24, 2.45) is 0 Å². The number of piperazine rings is 1. The molecule has 1 aromatic rings. The van der Waals surface area contributed by atoms with Crippen LogP contribution in [0.15, 0.2) is 24.3 Å². The predicted octanol–water partition coefficient (Wildman–Crippen LogP) is 0.915. The van der Waals surface area contributed by atoms with Crippen molar-refractivity contribution in [1.82, 2.24) is 9.80 Å². The highest BCUT2D eigenvalue weighted by atomic mass is 35.5. The van der Waals surface area contributed by atoms with Crippen molar-refractivity contribution in [3.63, 3.8) is 0 Å². The van der Waals surface area contributed by atoms with E-state index in [2.05, 4.69) is 0 Å². The molecule has 0 aromatic heterocycles. The molecule has 1 N–H and O–H groups in total. The molecule has 1 heterocycles. The zero-order valence-electron chi connectivity index (χ0n) is 10.4. The first-order valence-corrected chi connectivity index (χ1v) is 6.58. The maximum Gasteiger partial charge on any atom is 0.257 e. The van der Waals surface area contributed by atoms with E-state index in [1.165, 1.54) is 6.07 Å². The van der Waals surface area contributed by atoms with Gasteiger partial charge in [-0.15, -0.1) is 11.6 Å². The minimum absolute atomic E-state index is 0.0215. The van der Waals surface area contributed by atoms with Crippen molar-refractivity contribution in [3.05, 3.63) is 29.8 Å². The number of hydrogen-bond donors (Lipinski definition) is 1. The summed E-state index contributed by atoms with van der Waals surface area (Å²) in [7, 11) is 0. The first kappa shape index (κ1) is 13.7. The lowest BCUT2D eigenvalue weighted by Crippen LogP contribution is -2.50. The summed E-state index contributed by atoms with van der Waals surface area (Å²) in [4.78, 5) is 26.9. The molecule has 102 valence electrons. The monoisotopic (exact) mass is 282 g/mol. The maximum absolute atomic E-state index is 12.2. The first-order valence-electron chi connectivity index (χ1n) is 6.04. The van der Waals surface area contributed by atoms with Gasteiger partial charge in [0.05, 0.1) is 5.56 Å². The lowest BCUT2D eigenvalue weighted by Gasteiger charge is -2.34. The van der Waals surface area contributed by atoms with Gasteiger partial charge in [0.25, 0.3) is 5.91 Å². The number of halogens is 1. The number of aromatic hydroxyl groups is 1. The quantitative estimate of drug-likeness (QED) is 0.821.